The summed E-state index contributed by atoms with van der Waals surface area (Å²) >= 11 is 0. The number of benzene rings is 1. The van der Waals surface area contributed by atoms with Crippen LogP contribution in [0, 0.1) is 0 Å². The maximum absolute atomic E-state index is 11.2. The quantitative estimate of drug-likeness (QED) is 0.719. The molecular formula is C23H29NO7. The van der Waals surface area contributed by atoms with Gasteiger partial charge in [0.25, 0.3) is 0 Å². The van der Waals surface area contributed by atoms with Crippen molar-refractivity contribution in [1.82, 2.24) is 5.06 Å². The predicted octanol–water partition coefficient (Wildman–Crippen LogP) is 3.61. The topological polar surface area (TPSA) is 82.8 Å². The van der Waals surface area contributed by atoms with Gasteiger partial charge in [-0.2, -0.15) is 5.06 Å². The van der Waals surface area contributed by atoms with Crippen LogP contribution in [0.2, 0.25) is 0 Å². The van der Waals surface area contributed by atoms with E-state index < -0.39 is 48.3 Å². The van der Waals surface area contributed by atoms with Crippen molar-refractivity contribution >= 4 is 0 Å². The standard InChI is InChI=1S/C23H29NO7/c1-22(2)28-18-17(27-21-20(19(18)29-22)30-23(3,4)31-21)16(15-11-8-12-26-15)24(25)13-14-9-6-5-7-10-14/h5-12,16-21,25H,13H2,1-4H3/t16-,17-,18+,19+,20-,21-/m1/s1. The van der Waals surface area contributed by atoms with Gasteiger partial charge < -0.3 is 33.3 Å². The second kappa shape index (κ2) is 7.67. The summed E-state index contributed by atoms with van der Waals surface area (Å²) in [5.41, 5.74) is 0.956. The Kier molecular flexibility index (Phi) is 5.22. The van der Waals surface area contributed by atoms with Crippen molar-refractivity contribution in [3.8, 4) is 0 Å². The van der Waals surface area contributed by atoms with Gasteiger partial charge in [-0.3, -0.25) is 0 Å². The van der Waals surface area contributed by atoms with E-state index in [4.69, 9.17) is 28.1 Å². The van der Waals surface area contributed by atoms with Crippen LogP contribution < -0.4 is 0 Å². The molecule has 1 aromatic heterocycles. The molecular weight excluding hydrogens is 402 g/mol. The number of nitrogens with zero attached hydrogens (tertiary/aromatic N) is 1. The number of hydrogen-bond donors (Lipinski definition) is 1. The number of fused-ring (bicyclic) bond motifs is 3. The highest BCUT2D eigenvalue weighted by Gasteiger charge is 2.62. The van der Waals surface area contributed by atoms with Gasteiger partial charge in [-0.1, -0.05) is 30.3 Å². The Morgan fingerprint density at radius 1 is 0.871 bits per heavy atom. The van der Waals surface area contributed by atoms with Gasteiger partial charge >= 0.3 is 0 Å². The van der Waals surface area contributed by atoms with E-state index in [2.05, 4.69) is 0 Å². The molecule has 0 bridgehead atoms. The van der Waals surface area contributed by atoms with Crippen LogP contribution in [0.5, 0.6) is 0 Å². The van der Waals surface area contributed by atoms with Crippen LogP contribution in [-0.4, -0.2) is 52.6 Å². The SMILES string of the molecule is CC1(C)O[C@@H]2[C@H](O1)[C@H]1OC(C)(C)O[C@H]1O[C@@H]2[C@@H](c1ccco1)N(O)Cc1ccccc1. The summed E-state index contributed by atoms with van der Waals surface area (Å²) in [5.74, 6) is -1.07. The first-order valence-electron chi connectivity index (χ1n) is 10.6. The lowest BCUT2D eigenvalue weighted by atomic mass is 9.92. The van der Waals surface area contributed by atoms with Gasteiger partial charge in [-0.15, -0.1) is 0 Å². The maximum atomic E-state index is 11.2. The Morgan fingerprint density at radius 3 is 2.26 bits per heavy atom. The van der Waals surface area contributed by atoms with Crippen molar-refractivity contribution in [2.24, 2.45) is 0 Å². The summed E-state index contributed by atoms with van der Waals surface area (Å²) in [7, 11) is 0. The van der Waals surface area contributed by atoms with Gasteiger partial charge in [-0.05, 0) is 45.4 Å². The fourth-order valence-electron chi connectivity index (χ4n) is 4.70. The third-order valence-corrected chi connectivity index (χ3v) is 5.84. The average molecular weight is 431 g/mol. The largest absolute Gasteiger partial charge is 0.467 e. The van der Waals surface area contributed by atoms with Crippen molar-refractivity contribution in [2.75, 3.05) is 0 Å². The third kappa shape index (κ3) is 4.05. The molecule has 5 rings (SSSR count). The van der Waals surface area contributed by atoms with Gasteiger partial charge in [0, 0.05) is 6.54 Å². The number of furan rings is 1. The average Bonchev–Trinajstić information content (AvgIpc) is 3.39. The van der Waals surface area contributed by atoms with E-state index in [0.717, 1.165) is 5.56 Å². The number of ether oxygens (including phenoxy) is 5. The molecule has 0 aliphatic carbocycles. The normalized spacial score (nSPS) is 34.5. The first-order valence-corrected chi connectivity index (χ1v) is 10.6. The summed E-state index contributed by atoms with van der Waals surface area (Å²) in [5, 5.41) is 12.4. The zero-order valence-corrected chi connectivity index (χ0v) is 18.1. The van der Waals surface area contributed by atoms with Crippen LogP contribution in [-0.2, 0) is 30.2 Å². The number of rotatable bonds is 5. The van der Waals surface area contributed by atoms with Gasteiger partial charge in [0.2, 0.25) is 0 Å². The van der Waals surface area contributed by atoms with Crippen molar-refractivity contribution in [3.05, 3.63) is 60.1 Å². The molecule has 3 aliphatic heterocycles. The Labute approximate surface area is 181 Å². The summed E-state index contributed by atoms with van der Waals surface area (Å²) in [6, 6.07) is 12.7. The first-order chi connectivity index (χ1) is 14.7. The highest BCUT2D eigenvalue weighted by molar-refractivity contribution is 5.16. The van der Waals surface area contributed by atoms with Crippen LogP contribution >= 0.6 is 0 Å². The molecule has 2 aromatic rings. The number of hydroxylamine groups is 2. The molecule has 1 aromatic carbocycles. The van der Waals surface area contributed by atoms with E-state index in [1.54, 1.807) is 12.3 Å². The minimum atomic E-state index is -0.824. The van der Waals surface area contributed by atoms with Gasteiger partial charge in [0.15, 0.2) is 17.9 Å². The fraction of sp³-hybridized carbons (Fsp3) is 0.565. The van der Waals surface area contributed by atoms with E-state index in [1.807, 2.05) is 64.1 Å². The van der Waals surface area contributed by atoms with E-state index in [0.29, 0.717) is 5.76 Å². The molecule has 3 fully saturated rings. The molecule has 6 atom stereocenters. The Hall–Kier alpha value is -1.78. The molecule has 0 amide bonds. The summed E-state index contributed by atoms with van der Waals surface area (Å²) in [6.07, 6.45) is -1.03. The van der Waals surface area contributed by atoms with E-state index in [1.165, 1.54) is 5.06 Å². The van der Waals surface area contributed by atoms with Crippen molar-refractivity contribution in [3.63, 3.8) is 0 Å². The Bertz CT molecular complexity index is 885. The monoisotopic (exact) mass is 431 g/mol. The molecule has 168 valence electrons. The predicted molar refractivity (Wildman–Crippen MR) is 108 cm³/mol. The second-order valence-corrected chi connectivity index (χ2v) is 9.18. The molecule has 4 heterocycles. The number of hydrogen-bond acceptors (Lipinski definition) is 8. The smallest absolute Gasteiger partial charge is 0.190 e. The molecule has 8 heteroatoms. The molecule has 3 aliphatic rings. The van der Waals surface area contributed by atoms with E-state index in [-0.39, 0.29) is 6.54 Å². The first kappa shape index (κ1) is 21.1. The molecule has 0 radical (unpaired) electrons. The highest BCUT2D eigenvalue weighted by Crippen LogP contribution is 2.47. The Balaban J connectivity index is 1.49. The lowest BCUT2D eigenvalue weighted by Gasteiger charge is -2.42. The van der Waals surface area contributed by atoms with Gasteiger partial charge in [0.05, 0.1) is 6.26 Å². The van der Waals surface area contributed by atoms with Crippen LogP contribution in [0.4, 0.5) is 0 Å². The lowest BCUT2D eigenvalue weighted by Crippen LogP contribution is -2.58. The summed E-state index contributed by atoms with van der Waals surface area (Å²) in [6.45, 7) is 7.70. The minimum absolute atomic E-state index is 0.282. The van der Waals surface area contributed by atoms with Crippen molar-refractivity contribution in [2.45, 2.75) is 82.6 Å². The molecule has 8 nitrogen and oxygen atoms in total. The molecule has 1 N–H and O–H groups in total. The summed E-state index contributed by atoms with van der Waals surface area (Å²) in [4.78, 5) is 0. The second-order valence-electron chi connectivity index (χ2n) is 9.18. The van der Waals surface area contributed by atoms with Gasteiger partial charge in [0.1, 0.15) is 36.2 Å². The van der Waals surface area contributed by atoms with E-state index >= 15 is 0 Å². The molecule has 0 saturated carbocycles. The third-order valence-electron chi connectivity index (χ3n) is 5.84. The van der Waals surface area contributed by atoms with Crippen LogP contribution in [0.3, 0.4) is 0 Å². The van der Waals surface area contributed by atoms with Crippen molar-refractivity contribution < 1.29 is 33.3 Å². The van der Waals surface area contributed by atoms with Crippen LogP contribution in [0.1, 0.15) is 45.1 Å². The highest BCUT2D eigenvalue weighted by atomic mass is 16.9. The van der Waals surface area contributed by atoms with Crippen LogP contribution in [0.25, 0.3) is 0 Å². The van der Waals surface area contributed by atoms with Gasteiger partial charge in [-0.25, -0.2) is 0 Å². The molecule has 31 heavy (non-hydrogen) atoms. The van der Waals surface area contributed by atoms with E-state index in [9.17, 15) is 5.21 Å². The summed E-state index contributed by atoms with van der Waals surface area (Å²) < 4.78 is 36.7. The Morgan fingerprint density at radius 2 is 1.55 bits per heavy atom. The van der Waals surface area contributed by atoms with Crippen molar-refractivity contribution in [1.29, 1.82) is 0 Å². The zero-order chi connectivity index (χ0) is 21.8. The molecule has 0 spiro atoms. The molecule has 3 saturated heterocycles. The lowest BCUT2D eigenvalue weighted by molar-refractivity contribution is -0.273. The minimum Gasteiger partial charge on any atom is -0.467 e. The zero-order valence-electron chi connectivity index (χ0n) is 18.1. The fourth-order valence-corrected chi connectivity index (χ4v) is 4.70. The van der Waals surface area contributed by atoms with Crippen LogP contribution in [0.15, 0.2) is 53.1 Å². The molecule has 0 unspecified atom stereocenters. The maximum Gasteiger partial charge on any atom is 0.190 e.